The van der Waals surface area contributed by atoms with E-state index < -0.39 is 17.7 Å². The number of aliphatic hydroxyl groups excluding tert-OH is 1. The maximum absolute atomic E-state index is 13.2. The second-order valence-electron chi connectivity index (χ2n) is 8.56. The molecule has 1 aliphatic heterocycles. The van der Waals surface area contributed by atoms with Crippen LogP contribution in [-0.2, 0) is 9.59 Å². The summed E-state index contributed by atoms with van der Waals surface area (Å²) < 4.78 is 0. The molecule has 1 heterocycles. The van der Waals surface area contributed by atoms with Crippen molar-refractivity contribution in [1.82, 2.24) is 4.90 Å². The number of carbonyl (C=O) groups is 2. The van der Waals surface area contributed by atoms with Crippen LogP contribution < -0.4 is 0 Å². The standard InChI is InChI=1S/C27H25NO3/c1-17-8-2-7-13-22(17)24-23(26(30)27(31)28(24)21-11-5-6-12-21)25(29)20-15-14-18-9-3-4-10-19(18)16-20/h2-4,7-10,13-16,21,24,29H,5-6,11-12H2,1H3/b25-23+. The minimum absolute atomic E-state index is 0.0305. The fraction of sp³-hybridized carbons (Fsp3) is 0.259. The fourth-order valence-electron chi connectivity index (χ4n) is 5.10. The topological polar surface area (TPSA) is 57.6 Å². The zero-order valence-electron chi connectivity index (χ0n) is 17.5. The highest BCUT2D eigenvalue weighted by molar-refractivity contribution is 6.46. The van der Waals surface area contributed by atoms with Gasteiger partial charge >= 0.3 is 0 Å². The number of carbonyl (C=O) groups excluding carboxylic acids is 2. The van der Waals surface area contributed by atoms with Crippen LogP contribution in [0.5, 0.6) is 0 Å². The molecule has 5 rings (SSSR count). The van der Waals surface area contributed by atoms with Gasteiger partial charge in [-0.05, 0) is 47.7 Å². The zero-order chi connectivity index (χ0) is 21.5. The average Bonchev–Trinajstić information content (AvgIpc) is 3.40. The van der Waals surface area contributed by atoms with E-state index in [0.717, 1.165) is 47.6 Å². The van der Waals surface area contributed by atoms with Gasteiger partial charge in [0.2, 0.25) is 0 Å². The summed E-state index contributed by atoms with van der Waals surface area (Å²) in [7, 11) is 0. The van der Waals surface area contributed by atoms with Gasteiger partial charge in [0, 0.05) is 11.6 Å². The van der Waals surface area contributed by atoms with Gasteiger partial charge in [0.1, 0.15) is 5.76 Å². The van der Waals surface area contributed by atoms with Crippen molar-refractivity contribution in [3.8, 4) is 0 Å². The molecule has 1 aliphatic carbocycles. The molecule has 2 fully saturated rings. The SMILES string of the molecule is Cc1ccccc1C1/C(=C(\O)c2ccc3ccccc3c2)C(=O)C(=O)N1C1CCCC1. The van der Waals surface area contributed by atoms with E-state index in [-0.39, 0.29) is 17.4 Å². The molecule has 31 heavy (non-hydrogen) atoms. The molecule has 0 bridgehead atoms. The van der Waals surface area contributed by atoms with E-state index in [9.17, 15) is 14.7 Å². The van der Waals surface area contributed by atoms with Crippen LogP contribution in [0.4, 0.5) is 0 Å². The number of nitrogens with zero attached hydrogens (tertiary/aromatic N) is 1. The molecule has 4 nitrogen and oxygen atoms in total. The summed E-state index contributed by atoms with van der Waals surface area (Å²) in [6.45, 7) is 1.99. The lowest BCUT2D eigenvalue weighted by Gasteiger charge is -2.31. The van der Waals surface area contributed by atoms with Gasteiger partial charge in [0.05, 0.1) is 11.6 Å². The van der Waals surface area contributed by atoms with E-state index >= 15 is 0 Å². The van der Waals surface area contributed by atoms with E-state index in [2.05, 4.69) is 0 Å². The number of hydrogen-bond donors (Lipinski definition) is 1. The molecule has 0 aromatic heterocycles. The summed E-state index contributed by atoms with van der Waals surface area (Å²) >= 11 is 0. The normalized spacial score (nSPS) is 21.3. The molecule has 3 aromatic rings. The predicted molar refractivity (Wildman–Crippen MR) is 122 cm³/mol. The molecule has 1 atom stereocenters. The van der Waals surface area contributed by atoms with Crippen LogP contribution in [0.15, 0.2) is 72.3 Å². The van der Waals surface area contributed by atoms with Gasteiger partial charge in [0.25, 0.3) is 11.7 Å². The highest BCUT2D eigenvalue weighted by Gasteiger charge is 2.49. The van der Waals surface area contributed by atoms with E-state index in [4.69, 9.17) is 0 Å². The Balaban J connectivity index is 1.71. The number of aliphatic hydroxyl groups is 1. The van der Waals surface area contributed by atoms with Crippen LogP contribution in [0.25, 0.3) is 16.5 Å². The largest absolute Gasteiger partial charge is 0.507 e. The number of fused-ring (bicyclic) bond motifs is 1. The number of aryl methyl sites for hydroxylation is 1. The van der Waals surface area contributed by atoms with Crippen molar-refractivity contribution < 1.29 is 14.7 Å². The highest BCUT2D eigenvalue weighted by atomic mass is 16.3. The molecule has 2 aliphatic rings. The summed E-state index contributed by atoms with van der Waals surface area (Å²) in [5, 5.41) is 13.4. The Bertz CT molecular complexity index is 1220. The molecule has 156 valence electrons. The first-order chi connectivity index (χ1) is 15.1. The number of likely N-dealkylation sites (tertiary alicyclic amines) is 1. The van der Waals surface area contributed by atoms with Crippen LogP contribution in [0.1, 0.15) is 48.4 Å². The van der Waals surface area contributed by atoms with Crippen LogP contribution in [0.2, 0.25) is 0 Å². The van der Waals surface area contributed by atoms with Crippen molar-refractivity contribution in [3.63, 3.8) is 0 Å². The first-order valence-electron chi connectivity index (χ1n) is 10.9. The molecule has 1 saturated carbocycles. The van der Waals surface area contributed by atoms with E-state index in [1.54, 1.807) is 4.90 Å². The fourth-order valence-corrected chi connectivity index (χ4v) is 5.10. The Labute approximate surface area is 181 Å². The van der Waals surface area contributed by atoms with Crippen molar-refractivity contribution >= 4 is 28.2 Å². The van der Waals surface area contributed by atoms with E-state index in [0.29, 0.717) is 5.56 Å². The van der Waals surface area contributed by atoms with Gasteiger partial charge in [-0.25, -0.2) is 0 Å². The quantitative estimate of drug-likeness (QED) is 0.351. The van der Waals surface area contributed by atoms with Crippen LogP contribution >= 0.6 is 0 Å². The summed E-state index contributed by atoms with van der Waals surface area (Å²) in [6.07, 6.45) is 3.90. The third-order valence-electron chi connectivity index (χ3n) is 6.70. The van der Waals surface area contributed by atoms with Crippen molar-refractivity contribution in [3.05, 3.63) is 89.0 Å². The van der Waals surface area contributed by atoms with Gasteiger partial charge in [-0.2, -0.15) is 0 Å². The second-order valence-corrected chi connectivity index (χ2v) is 8.56. The molecule has 1 unspecified atom stereocenters. The summed E-state index contributed by atoms with van der Waals surface area (Å²) in [4.78, 5) is 28.2. The predicted octanol–water partition coefficient (Wildman–Crippen LogP) is 5.51. The summed E-state index contributed by atoms with van der Waals surface area (Å²) in [6, 6.07) is 20.8. The lowest BCUT2D eigenvalue weighted by molar-refractivity contribution is -0.141. The van der Waals surface area contributed by atoms with Gasteiger partial charge in [-0.15, -0.1) is 0 Å². The molecule has 0 radical (unpaired) electrons. The average molecular weight is 412 g/mol. The Morgan fingerprint density at radius 2 is 1.58 bits per heavy atom. The minimum atomic E-state index is -0.592. The number of Topliss-reactive ketones (excluding diaryl/α,β-unsaturated/α-hetero) is 1. The van der Waals surface area contributed by atoms with E-state index in [1.807, 2.05) is 73.7 Å². The van der Waals surface area contributed by atoms with Crippen LogP contribution in [0.3, 0.4) is 0 Å². The number of rotatable bonds is 3. The molecule has 1 N–H and O–H groups in total. The molecule has 3 aromatic carbocycles. The lowest BCUT2D eigenvalue weighted by atomic mass is 9.91. The number of hydrogen-bond acceptors (Lipinski definition) is 3. The molecular formula is C27H25NO3. The van der Waals surface area contributed by atoms with Crippen molar-refractivity contribution in [2.45, 2.75) is 44.7 Å². The van der Waals surface area contributed by atoms with Gasteiger partial charge in [-0.3, -0.25) is 9.59 Å². The maximum atomic E-state index is 13.2. The summed E-state index contributed by atoms with van der Waals surface area (Å²) in [5.41, 5.74) is 2.65. The Kier molecular flexibility index (Phi) is 4.85. The van der Waals surface area contributed by atoms with Crippen molar-refractivity contribution in [2.75, 3.05) is 0 Å². The Hall–Kier alpha value is -3.40. The smallest absolute Gasteiger partial charge is 0.295 e. The van der Waals surface area contributed by atoms with E-state index in [1.165, 1.54) is 0 Å². The monoisotopic (exact) mass is 411 g/mol. The molecular weight excluding hydrogens is 386 g/mol. The zero-order valence-corrected chi connectivity index (χ0v) is 17.5. The minimum Gasteiger partial charge on any atom is -0.507 e. The first kappa shape index (κ1) is 19.6. The number of ketones is 1. The molecule has 1 amide bonds. The molecule has 4 heteroatoms. The lowest BCUT2D eigenvalue weighted by Crippen LogP contribution is -2.37. The number of benzene rings is 3. The van der Waals surface area contributed by atoms with Crippen LogP contribution in [0, 0.1) is 6.92 Å². The molecule has 0 spiro atoms. The van der Waals surface area contributed by atoms with Gasteiger partial charge < -0.3 is 10.0 Å². The maximum Gasteiger partial charge on any atom is 0.295 e. The highest BCUT2D eigenvalue weighted by Crippen LogP contribution is 2.44. The Morgan fingerprint density at radius 1 is 0.903 bits per heavy atom. The Morgan fingerprint density at radius 3 is 2.32 bits per heavy atom. The summed E-state index contributed by atoms with van der Waals surface area (Å²) in [5.74, 6) is -1.19. The van der Waals surface area contributed by atoms with Crippen LogP contribution in [-0.4, -0.2) is 27.7 Å². The third-order valence-corrected chi connectivity index (χ3v) is 6.70. The molecule has 1 saturated heterocycles. The number of amides is 1. The van der Waals surface area contributed by atoms with Crippen molar-refractivity contribution in [1.29, 1.82) is 0 Å². The van der Waals surface area contributed by atoms with Crippen molar-refractivity contribution in [2.24, 2.45) is 0 Å². The van der Waals surface area contributed by atoms with Gasteiger partial charge in [-0.1, -0.05) is 73.5 Å². The van der Waals surface area contributed by atoms with Gasteiger partial charge in [0.15, 0.2) is 0 Å². The third kappa shape index (κ3) is 3.23. The second kappa shape index (κ2) is 7.69. The first-order valence-corrected chi connectivity index (χ1v) is 10.9.